The molecule has 1 nitrogen and oxygen atoms in total. The van der Waals surface area contributed by atoms with Crippen molar-refractivity contribution in [2.75, 3.05) is 11.9 Å². The SMILES string of the molecule is CC(C)C(CBr)NCCC(C)(C)C. The van der Waals surface area contributed by atoms with Crippen molar-refractivity contribution in [1.82, 2.24) is 5.32 Å². The van der Waals surface area contributed by atoms with Gasteiger partial charge in [0.1, 0.15) is 0 Å². The first kappa shape index (κ1) is 13.4. The lowest BCUT2D eigenvalue weighted by Gasteiger charge is -2.23. The summed E-state index contributed by atoms with van der Waals surface area (Å²) >= 11 is 3.53. The minimum atomic E-state index is 0.445. The molecule has 0 bridgehead atoms. The van der Waals surface area contributed by atoms with Crippen LogP contribution in [0.4, 0.5) is 0 Å². The van der Waals surface area contributed by atoms with Gasteiger partial charge in [-0.15, -0.1) is 0 Å². The molecule has 0 saturated heterocycles. The van der Waals surface area contributed by atoms with E-state index in [0.717, 1.165) is 11.9 Å². The van der Waals surface area contributed by atoms with Crippen LogP contribution in [0, 0.1) is 11.3 Å². The van der Waals surface area contributed by atoms with Crippen molar-refractivity contribution in [2.45, 2.75) is 47.1 Å². The summed E-state index contributed by atoms with van der Waals surface area (Å²) in [6.07, 6.45) is 1.24. The van der Waals surface area contributed by atoms with E-state index in [2.05, 4.69) is 55.9 Å². The molecule has 0 aromatic carbocycles. The highest BCUT2D eigenvalue weighted by Crippen LogP contribution is 2.17. The van der Waals surface area contributed by atoms with Crippen molar-refractivity contribution in [3.8, 4) is 0 Å². The molecule has 0 spiro atoms. The molecule has 0 amide bonds. The van der Waals surface area contributed by atoms with Crippen molar-refractivity contribution in [3.05, 3.63) is 0 Å². The maximum Gasteiger partial charge on any atom is 0.0188 e. The molecular formula is C11H24BrN. The Kier molecular flexibility index (Phi) is 6.23. The average molecular weight is 250 g/mol. The van der Waals surface area contributed by atoms with Crippen LogP contribution in [-0.4, -0.2) is 17.9 Å². The monoisotopic (exact) mass is 249 g/mol. The Morgan fingerprint density at radius 1 is 1.23 bits per heavy atom. The summed E-state index contributed by atoms with van der Waals surface area (Å²) in [6, 6.07) is 0.613. The first-order chi connectivity index (χ1) is 5.87. The van der Waals surface area contributed by atoms with Crippen LogP contribution < -0.4 is 5.32 Å². The smallest absolute Gasteiger partial charge is 0.0188 e. The molecule has 0 aliphatic carbocycles. The first-order valence-electron chi connectivity index (χ1n) is 5.16. The first-order valence-corrected chi connectivity index (χ1v) is 6.28. The molecule has 2 heteroatoms. The van der Waals surface area contributed by atoms with Crippen LogP contribution in [0.2, 0.25) is 0 Å². The molecule has 0 radical (unpaired) electrons. The predicted octanol–water partition coefficient (Wildman–Crippen LogP) is 3.43. The van der Waals surface area contributed by atoms with Crippen LogP contribution in [0.25, 0.3) is 0 Å². The van der Waals surface area contributed by atoms with Gasteiger partial charge >= 0.3 is 0 Å². The maximum absolute atomic E-state index is 3.58. The van der Waals surface area contributed by atoms with E-state index in [4.69, 9.17) is 0 Å². The summed E-state index contributed by atoms with van der Waals surface area (Å²) in [5.41, 5.74) is 0.445. The van der Waals surface area contributed by atoms with Crippen molar-refractivity contribution in [1.29, 1.82) is 0 Å². The fourth-order valence-corrected chi connectivity index (χ4v) is 2.08. The van der Waals surface area contributed by atoms with Gasteiger partial charge in [0.2, 0.25) is 0 Å². The number of hydrogen-bond acceptors (Lipinski definition) is 1. The molecule has 0 aliphatic rings. The van der Waals surface area contributed by atoms with Gasteiger partial charge in [-0.25, -0.2) is 0 Å². The Bertz CT molecular complexity index is 127. The summed E-state index contributed by atoms with van der Waals surface area (Å²) in [5.74, 6) is 0.708. The summed E-state index contributed by atoms with van der Waals surface area (Å²) in [7, 11) is 0. The lowest BCUT2D eigenvalue weighted by Crippen LogP contribution is -2.37. The molecule has 80 valence electrons. The van der Waals surface area contributed by atoms with Crippen LogP contribution in [0.3, 0.4) is 0 Å². The Balaban J connectivity index is 3.62. The lowest BCUT2D eigenvalue weighted by molar-refractivity contribution is 0.341. The zero-order chi connectivity index (χ0) is 10.5. The molecule has 0 saturated carbocycles. The van der Waals surface area contributed by atoms with Gasteiger partial charge in [-0.2, -0.15) is 0 Å². The zero-order valence-electron chi connectivity index (χ0n) is 9.65. The van der Waals surface area contributed by atoms with Crippen molar-refractivity contribution in [2.24, 2.45) is 11.3 Å². The molecule has 0 aromatic rings. The minimum Gasteiger partial charge on any atom is -0.313 e. The van der Waals surface area contributed by atoms with E-state index in [9.17, 15) is 0 Å². The highest BCUT2D eigenvalue weighted by atomic mass is 79.9. The number of alkyl halides is 1. The van der Waals surface area contributed by atoms with E-state index < -0.39 is 0 Å². The van der Waals surface area contributed by atoms with Crippen molar-refractivity contribution < 1.29 is 0 Å². The van der Waals surface area contributed by atoms with Gasteiger partial charge in [0.05, 0.1) is 0 Å². The molecule has 0 aromatic heterocycles. The number of rotatable bonds is 5. The number of halogens is 1. The standard InChI is InChI=1S/C11H24BrN/c1-9(2)10(8-12)13-7-6-11(3,4)5/h9-10,13H,6-8H2,1-5H3. The molecule has 1 N–H and O–H groups in total. The van der Waals surface area contributed by atoms with Crippen LogP contribution in [0.1, 0.15) is 41.0 Å². The molecule has 0 aliphatic heterocycles. The fraction of sp³-hybridized carbons (Fsp3) is 1.00. The van der Waals surface area contributed by atoms with E-state index in [1.165, 1.54) is 6.42 Å². The Morgan fingerprint density at radius 2 is 1.77 bits per heavy atom. The molecule has 13 heavy (non-hydrogen) atoms. The predicted molar refractivity (Wildman–Crippen MR) is 64.5 cm³/mol. The van der Waals surface area contributed by atoms with Crippen molar-refractivity contribution >= 4 is 15.9 Å². The topological polar surface area (TPSA) is 12.0 Å². The zero-order valence-corrected chi connectivity index (χ0v) is 11.2. The van der Waals surface area contributed by atoms with Gasteiger partial charge in [0.15, 0.2) is 0 Å². The highest BCUT2D eigenvalue weighted by Gasteiger charge is 2.13. The molecule has 1 unspecified atom stereocenters. The third-order valence-electron chi connectivity index (χ3n) is 2.25. The summed E-state index contributed by atoms with van der Waals surface area (Å²) < 4.78 is 0. The quantitative estimate of drug-likeness (QED) is 0.737. The second-order valence-electron chi connectivity index (χ2n) is 5.27. The maximum atomic E-state index is 3.58. The fourth-order valence-electron chi connectivity index (χ4n) is 1.10. The van der Waals surface area contributed by atoms with E-state index >= 15 is 0 Å². The second-order valence-corrected chi connectivity index (χ2v) is 5.92. The van der Waals surface area contributed by atoms with Crippen LogP contribution >= 0.6 is 15.9 Å². The second kappa shape index (κ2) is 6.02. The van der Waals surface area contributed by atoms with Crippen molar-refractivity contribution in [3.63, 3.8) is 0 Å². The lowest BCUT2D eigenvalue weighted by atomic mass is 9.92. The molecule has 0 rings (SSSR count). The van der Waals surface area contributed by atoms with E-state index in [1.807, 2.05) is 0 Å². The van der Waals surface area contributed by atoms with Gasteiger partial charge in [0.25, 0.3) is 0 Å². The summed E-state index contributed by atoms with van der Waals surface area (Å²) in [4.78, 5) is 0. The molecule has 0 heterocycles. The largest absolute Gasteiger partial charge is 0.313 e. The van der Waals surface area contributed by atoms with Crippen LogP contribution in [0.15, 0.2) is 0 Å². The molecule has 0 fully saturated rings. The number of nitrogens with one attached hydrogen (secondary N) is 1. The Labute approximate surface area is 91.8 Å². The number of hydrogen-bond donors (Lipinski definition) is 1. The van der Waals surface area contributed by atoms with Gasteiger partial charge in [0, 0.05) is 11.4 Å². The Hall–Kier alpha value is 0.440. The Morgan fingerprint density at radius 3 is 2.08 bits per heavy atom. The molecular weight excluding hydrogens is 226 g/mol. The highest BCUT2D eigenvalue weighted by molar-refractivity contribution is 9.09. The van der Waals surface area contributed by atoms with Crippen LogP contribution in [-0.2, 0) is 0 Å². The molecule has 1 atom stereocenters. The third kappa shape index (κ3) is 7.51. The van der Waals surface area contributed by atoms with Gasteiger partial charge in [-0.05, 0) is 24.3 Å². The van der Waals surface area contributed by atoms with Crippen LogP contribution in [0.5, 0.6) is 0 Å². The van der Waals surface area contributed by atoms with Gasteiger partial charge in [-0.1, -0.05) is 50.5 Å². The summed E-state index contributed by atoms with van der Waals surface area (Å²) in [5, 5.41) is 4.63. The van der Waals surface area contributed by atoms with E-state index in [0.29, 0.717) is 17.4 Å². The third-order valence-corrected chi connectivity index (χ3v) is 2.95. The van der Waals surface area contributed by atoms with E-state index in [1.54, 1.807) is 0 Å². The van der Waals surface area contributed by atoms with Gasteiger partial charge in [-0.3, -0.25) is 0 Å². The minimum absolute atomic E-state index is 0.445. The summed E-state index contributed by atoms with van der Waals surface area (Å²) in [6.45, 7) is 12.5. The average Bonchev–Trinajstić information content (AvgIpc) is 1.95. The normalized spacial score (nSPS) is 15.0. The van der Waals surface area contributed by atoms with Gasteiger partial charge < -0.3 is 5.32 Å². The van der Waals surface area contributed by atoms with E-state index in [-0.39, 0.29) is 0 Å².